The summed E-state index contributed by atoms with van der Waals surface area (Å²) in [6.07, 6.45) is 2.14. The molecule has 0 aromatic rings. The largest absolute Gasteiger partial charge is 0.439 e. The lowest BCUT2D eigenvalue weighted by Crippen LogP contribution is -2.51. The molecule has 0 saturated carbocycles. The van der Waals surface area contributed by atoms with E-state index in [0.717, 1.165) is 17.7 Å². The topological polar surface area (TPSA) is 87.2 Å². The van der Waals surface area contributed by atoms with Crippen molar-refractivity contribution in [2.75, 3.05) is 32.8 Å². The lowest BCUT2D eigenvalue weighted by molar-refractivity contribution is -0.127. The summed E-state index contributed by atoms with van der Waals surface area (Å²) >= 11 is 0. The Bertz CT molecular complexity index is 519. The molecule has 3 heterocycles. The van der Waals surface area contributed by atoms with E-state index in [0.29, 0.717) is 39.0 Å². The first-order chi connectivity index (χ1) is 10.00. The summed E-state index contributed by atoms with van der Waals surface area (Å²) in [6.45, 7) is 1.63. The molecule has 0 aromatic carbocycles. The van der Waals surface area contributed by atoms with Crippen LogP contribution in [0, 0.1) is 0 Å². The SMILES string of the molecule is O=C1COC(=O)N1C1CCN(S(=O)(=O)N2CCCC2)CC1. The van der Waals surface area contributed by atoms with Crippen molar-refractivity contribution in [2.45, 2.75) is 31.7 Å². The molecule has 3 saturated heterocycles. The molecule has 2 amide bonds. The predicted octanol–water partition coefficient (Wildman–Crippen LogP) is -0.230. The summed E-state index contributed by atoms with van der Waals surface area (Å²) in [7, 11) is -3.39. The van der Waals surface area contributed by atoms with Gasteiger partial charge in [0.1, 0.15) is 0 Å². The van der Waals surface area contributed by atoms with Crippen LogP contribution in [0.15, 0.2) is 0 Å². The zero-order chi connectivity index (χ0) is 15.0. The van der Waals surface area contributed by atoms with E-state index in [1.807, 2.05) is 0 Å². The van der Waals surface area contributed by atoms with Gasteiger partial charge in [-0.1, -0.05) is 0 Å². The second-order valence-electron chi connectivity index (χ2n) is 5.56. The number of hydrogen-bond acceptors (Lipinski definition) is 5. The van der Waals surface area contributed by atoms with Crippen LogP contribution in [0.25, 0.3) is 0 Å². The van der Waals surface area contributed by atoms with Crippen LogP contribution in [-0.2, 0) is 19.7 Å². The lowest BCUT2D eigenvalue weighted by Gasteiger charge is -2.35. The minimum absolute atomic E-state index is 0.203. The maximum absolute atomic E-state index is 12.4. The molecular formula is C12H19N3O5S. The van der Waals surface area contributed by atoms with E-state index in [1.165, 1.54) is 8.61 Å². The standard InChI is InChI=1S/C12H19N3O5S/c16-11-9-20-12(17)15(11)10-3-7-14(8-4-10)21(18,19)13-5-1-2-6-13/h10H,1-9H2. The third kappa shape index (κ3) is 2.65. The number of rotatable bonds is 3. The maximum atomic E-state index is 12.4. The summed E-state index contributed by atoms with van der Waals surface area (Å²) in [4.78, 5) is 24.3. The molecule has 0 bridgehead atoms. The number of imide groups is 1. The van der Waals surface area contributed by atoms with Crippen molar-refractivity contribution in [2.24, 2.45) is 0 Å². The van der Waals surface area contributed by atoms with E-state index >= 15 is 0 Å². The molecule has 21 heavy (non-hydrogen) atoms. The number of piperidine rings is 1. The summed E-state index contributed by atoms with van der Waals surface area (Å²) in [6, 6.07) is -0.252. The quantitative estimate of drug-likeness (QED) is 0.717. The number of nitrogens with zero attached hydrogens (tertiary/aromatic N) is 3. The molecule has 8 nitrogen and oxygen atoms in total. The molecule has 3 rings (SSSR count). The highest BCUT2D eigenvalue weighted by Gasteiger charge is 2.41. The zero-order valence-electron chi connectivity index (χ0n) is 11.7. The highest BCUT2D eigenvalue weighted by molar-refractivity contribution is 7.86. The number of ether oxygens (including phenoxy) is 1. The molecule has 0 spiro atoms. The Balaban J connectivity index is 1.62. The molecular weight excluding hydrogens is 298 g/mol. The van der Waals surface area contributed by atoms with Gasteiger partial charge in [0, 0.05) is 32.2 Å². The zero-order valence-corrected chi connectivity index (χ0v) is 12.5. The van der Waals surface area contributed by atoms with Gasteiger partial charge in [-0.05, 0) is 25.7 Å². The van der Waals surface area contributed by atoms with Gasteiger partial charge in [-0.3, -0.25) is 4.79 Å². The van der Waals surface area contributed by atoms with E-state index in [2.05, 4.69) is 0 Å². The van der Waals surface area contributed by atoms with E-state index in [9.17, 15) is 18.0 Å². The van der Waals surface area contributed by atoms with Gasteiger partial charge in [-0.25, -0.2) is 9.69 Å². The molecule has 9 heteroatoms. The fourth-order valence-corrected chi connectivity index (χ4v) is 4.85. The highest BCUT2D eigenvalue weighted by Crippen LogP contribution is 2.24. The van der Waals surface area contributed by atoms with Crippen molar-refractivity contribution in [3.8, 4) is 0 Å². The average molecular weight is 317 g/mol. The van der Waals surface area contributed by atoms with Gasteiger partial charge in [0.15, 0.2) is 6.61 Å². The van der Waals surface area contributed by atoms with Gasteiger partial charge in [0.05, 0.1) is 0 Å². The molecule has 3 fully saturated rings. The first-order valence-electron chi connectivity index (χ1n) is 7.24. The molecule has 3 aliphatic rings. The molecule has 3 aliphatic heterocycles. The van der Waals surface area contributed by atoms with Crippen LogP contribution >= 0.6 is 0 Å². The molecule has 0 aliphatic carbocycles. The van der Waals surface area contributed by atoms with Crippen molar-refractivity contribution >= 4 is 22.2 Å². The van der Waals surface area contributed by atoms with Crippen molar-refractivity contribution < 1.29 is 22.7 Å². The smallest absolute Gasteiger partial charge is 0.417 e. The Morgan fingerprint density at radius 1 is 0.952 bits per heavy atom. The van der Waals surface area contributed by atoms with Gasteiger partial charge < -0.3 is 4.74 Å². The van der Waals surface area contributed by atoms with Gasteiger partial charge >= 0.3 is 6.09 Å². The van der Waals surface area contributed by atoms with E-state index in [4.69, 9.17) is 4.74 Å². The lowest BCUT2D eigenvalue weighted by atomic mass is 10.1. The maximum Gasteiger partial charge on any atom is 0.417 e. The Kier molecular flexibility index (Phi) is 3.89. The van der Waals surface area contributed by atoms with E-state index in [-0.39, 0.29) is 18.6 Å². The number of hydrogen-bond donors (Lipinski definition) is 0. The Labute approximate surface area is 123 Å². The van der Waals surface area contributed by atoms with Gasteiger partial charge in [-0.2, -0.15) is 17.0 Å². The van der Waals surface area contributed by atoms with Gasteiger partial charge in [0.2, 0.25) is 0 Å². The molecule has 118 valence electrons. The number of amides is 2. The van der Waals surface area contributed by atoms with E-state index < -0.39 is 16.3 Å². The predicted molar refractivity (Wildman–Crippen MR) is 72.5 cm³/mol. The molecule has 0 N–H and O–H groups in total. The summed E-state index contributed by atoms with van der Waals surface area (Å²) in [5, 5.41) is 0. The van der Waals surface area contributed by atoms with E-state index in [1.54, 1.807) is 0 Å². The molecule has 0 aromatic heterocycles. The Hall–Kier alpha value is -1.19. The number of cyclic esters (lactones) is 1. The average Bonchev–Trinajstić information content (AvgIpc) is 3.10. The summed E-state index contributed by atoms with van der Waals surface area (Å²) < 4.78 is 32.5. The minimum atomic E-state index is -3.39. The van der Waals surface area contributed by atoms with Crippen LogP contribution in [0.3, 0.4) is 0 Å². The third-order valence-corrected chi connectivity index (χ3v) is 6.33. The van der Waals surface area contributed by atoms with Gasteiger partial charge in [-0.15, -0.1) is 0 Å². The van der Waals surface area contributed by atoms with Crippen molar-refractivity contribution in [3.05, 3.63) is 0 Å². The van der Waals surface area contributed by atoms with Crippen LogP contribution in [-0.4, -0.2) is 72.8 Å². The van der Waals surface area contributed by atoms with Crippen LogP contribution in [0.1, 0.15) is 25.7 Å². The van der Waals surface area contributed by atoms with Crippen LogP contribution in [0.5, 0.6) is 0 Å². The van der Waals surface area contributed by atoms with Crippen molar-refractivity contribution in [1.82, 2.24) is 13.5 Å². The van der Waals surface area contributed by atoms with Gasteiger partial charge in [0.25, 0.3) is 16.1 Å². The third-order valence-electron chi connectivity index (χ3n) is 4.29. The molecule has 0 radical (unpaired) electrons. The monoisotopic (exact) mass is 317 g/mol. The summed E-state index contributed by atoms with van der Waals surface area (Å²) in [5.41, 5.74) is 0. The molecule has 0 unspecified atom stereocenters. The minimum Gasteiger partial charge on any atom is -0.439 e. The number of carbonyl (C=O) groups is 2. The highest BCUT2D eigenvalue weighted by atomic mass is 32.2. The Morgan fingerprint density at radius 3 is 2.05 bits per heavy atom. The first-order valence-corrected chi connectivity index (χ1v) is 8.64. The fourth-order valence-electron chi connectivity index (χ4n) is 3.13. The fraction of sp³-hybridized carbons (Fsp3) is 0.833. The Morgan fingerprint density at radius 2 is 1.52 bits per heavy atom. The normalized spacial score (nSPS) is 26.6. The van der Waals surface area contributed by atoms with Crippen LogP contribution in [0.2, 0.25) is 0 Å². The van der Waals surface area contributed by atoms with Crippen LogP contribution in [0.4, 0.5) is 4.79 Å². The van der Waals surface area contributed by atoms with Crippen LogP contribution < -0.4 is 0 Å². The second-order valence-corrected chi connectivity index (χ2v) is 7.49. The summed E-state index contributed by atoms with van der Waals surface area (Å²) in [5.74, 6) is -0.333. The first kappa shape index (κ1) is 14.7. The number of carbonyl (C=O) groups excluding carboxylic acids is 2. The van der Waals surface area contributed by atoms with Crippen molar-refractivity contribution in [3.63, 3.8) is 0 Å². The second kappa shape index (κ2) is 5.54. The van der Waals surface area contributed by atoms with Crippen molar-refractivity contribution in [1.29, 1.82) is 0 Å². The molecule has 0 atom stereocenters.